The Bertz CT molecular complexity index is 1510. The van der Waals surface area contributed by atoms with Crippen molar-refractivity contribution in [3.05, 3.63) is 114 Å². The molecule has 6 nitrogen and oxygen atoms in total. The summed E-state index contributed by atoms with van der Waals surface area (Å²) in [6, 6.07) is 10.1. The number of aromatic amines is 1. The number of nitrogen functional groups attached to an aromatic ring is 1. The maximum absolute atomic E-state index is 13.4. The van der Waals surface area contributed by atoms with Crippen LogP contribution in [0.5, 0.6) is 0 Å². The van der Waals surface area contributed by atoms with Gasteiger partial charge in [-0.25, -0.2) is 9.37 Å². The molecule has 1 aromatic carbocycles. The van der Waals surface area contributed by atoms with Crippen molar-refractivity contribution < 1.29 is 4.39 Å². The minimum Gasteiger partial charge on any atom is -0.397 e. The van der Waals surface area contributed by atoms with Gasteiger partial charge in [0, 0.05) is 29.6 Å². The quantitative estimate of drug-likeness (QED) is 0.188. The monoisotopic (exact) mass is 508 g/mol. The molecule has 0 fully saturated rings. The van der Waals surface area contributed by atoms with E-state index in [9.17, 15) is 4.39 Å². The summed E-state index contributed by atoms with van der Waals surface area (Å²) >= 11 is 0. The first-order chi connectivity index (χ1) is 18.4. The fourth-order valence-electron chi connectivity index (χ4n) is 4.16. The number of unbranched alkanes of at least 4 members (excludes halogenated alkanes) is 1. The third-order valence-electron chi connectivity index (χ3n) is 6.24. The minimum absolute atomic E-state index is 0.291. The number of nitrogens with one attached hydrogen (secondary N) is 2. The number of allylic oxidation sites excluding steroid dienone is 5. The SMILES string of the molecule is C=C/C(=C\C(=C/C)c1cc(Cc2nc3c(-c4ccc(F)cc4)nccc3[nH]2)c(N)cn1)NC(=C)CCCC. The Morgan fingerprint density at radius 1 is 1.18 bits per heavy atom. The number of nitrogens with two attached hydrogens (primary N) is 1. The smallest absolute Gasteiger partial charge is 0.123 e. The van der Waals surface area contributed by atoms with Crippen LogP contribution in [-0.2, 0) is 6.42 Å². The highest BCUT2D eigenvalue weighted by atomic mass is 19.1. The van der Waals surface area contributed by atoms with E-state index in [4.69, 9.17) is 10.7 Å². The molecule has 194 valence electrons. The average Bonchev–Trinajstić information content (AvgIpc) is 3.34. The lowest BCUT2D eigenvalue weighted by Crippen LogP contribution is -2.10. The Balaban J connectivity index is 1.61. The average molecular weight is 509 g/mol. The number of aromatic nitrogens is 4. The topological polar surface area (TPSA) is 92.5 Å². The minimum atomic E-state index is -0.291. The van der Waals surface area contributed by atoms with Crippen LogP contribution >= 0.6 is 0 Å². The zero-order chi connectivity index (χ0) is 27.1. The summed E-state index contributed by atoms with van der Waals surface area (Å²) in [6.07, 6.45) is 12.8. The van der Waals surface area contributed by atoms with Crippen LogP contribution in [0.15, 0.2) is 91.6 Å². The van der Waals surface area contributed by atoms with Gasteiger partial charge in [0.15, 0.2) is 0 Å². The number of anilines is 1. The molecule has 4 rings (SSSR count). The van der Waals surface area contributed by atoms with Crippen molar-refractivity contribution in [3.8, 4) is 11.3 Å². The molecule has 38 heavy (non-hydrogen) atoms. The van der Waals surface area contributed by atoms with Crippen LogP contribution in [0.2, 0.25) is 0 Å². The van der Waals surface area contributed by atoms with Crippen molar-refractivity contribution in [2.24, 2.45) is 0 Å². The predicted octanol–water partition coefficient (Wildman–Crippen LogP) is 7.10. The number of fused-ring (bicyclic) bond motifs is 1. The number of nitrogens with zero attached hydrogens (tertiary/aromatic N) is 3. The van der Waals surface area contributed by atoms with Gasteiger partial charge in [0.2, 0.25) is 0 Å². The molecule has 3 heterocycles. The molecule has 0 saturated carbocycles. The molecule has 3 aromatic heterocycles. The Morgan fingerprint density at radius 2 is 1.97 bits per heavy atom. The fourth-order valence-corrected chi connectivity index (χ4v) is 4.16. The molecule has 4 N–H and O–H groups in total. The van der Waals surface area contributed by atoms with Crippen LogP contribution in [-0.4, -0.2) is 19.9 Å². The second-order valence-corrected chi connectivity index (χ2v) is 9.07. The van der Waals surface area contributed by atoms with E-state index in [1.54, 1.807) is 30.6 Å². The number of benzene rings is 1. The highest BCUT2D eigenvalue weighted by molar-refractivity contribution is 5.89. The van der Waals surface area contributed by atoms with E-state index in [2.05, 4.69) is 40.4 Å². The van der Waals surface area contributed by atoms with Crippen molar-refractivity contribution in [2.45, 2.75) is 39.5 Å². The number of H-pyrrole nitrogens is 1. The van der Waals surface area contributed by atoms with E-state index in [1.807, 2.05) is 31.2 Å². The Labute approximate surface area is 223 Å². The molecule has 0 radical (unpaired) electrons. The van der Waals surface area contributed by atoms with E-state index < -0.39 is 0 Å². The van der Waals surface area contributed by atoms with Crippen LogP contribution < -0.4 is 11.1 Å². The first kappa shape index (κ1) is 26.5. The molecule has 4 aromatic rings. The lowest BCUT2D eigenvalue weighted by Gasteiger charge is -2.12. The van der Waals surface area contributed by atoms with Gasteiger partial charge in [0.25, 0.3) is 0 Å². The van der Waals surface area contributed by atoms with Crippen LogP contribution in [0.25, 0.3) is 27.9 Å². The number of hydrogen-bond donors (Lipinski definition) is 3. The molecule has 0 atom stereocenters. The summed E-state index contributed by atoms with van der Waals surface area (Å²) in [5.74, 6) is 0.457. The Kier molecular flexibility index (Phi) is 8.48. The van der Waals surface area contributed by atoms with E-state index in [-0.39, 0.29) is 5.82 Å². The van der Waals surface area contributed by atoms with Crippen molar-refractivity contribution in [3.63, 3.8) is 0 Å². The first-order valence-corrected chi connectivity index (χ1v) is 12.7. The molecular formula is C31H33FN6. The number of imidazole rings is 1. The van der Waals surface area contributed by atoms with Crippen molar-refractivity contribution in [1.29, 1.82) is 0 Å². The third-order valence-corrected chi connectivity index (χ3v) is 6.24. The summed E-state index contributed by atoms with van der Waals surface area (Å²) in [5, 5.41) is 3.35. The second kappa shape index (κ2) is 12.1. The largest absolute Gasteiger partial charge is 0.397 e. The van der Waals surface area contributed by atoms with Gasteiger partial charge >= 0.3 is 0 Å². The van der Waals surface area contributed by atoms with Gasteiger partial charge in [-0.3, -0.25) is 9.97 Å². The predicted molar refractivity (Wildman–Crippen MR) is 154 cm³/mol. The standard InChI is InChI=1S/C31H33FN6/c1-5-8-9-20(4)36-25(7-3)16-21(6-2)28-17-23(26(33)19-35-28)18-29-37-27-14-15-34-30(31(27)38-29)22-10-12-24(32)13-11-22/h6-7,10-17,19,36H,3-5,8-9,18,33H2,1-2H3,(H,37,38)/b21-6+,25-16+. The lowest BCUT2D eigenvalue weighted by atomic mass is 10.0. The number of hydrogen-bond acceptors (Lipinski definition) is 5. The van der Waals surface area contributed by atoms with Gasteiger partial charge in [-0.2, -0.15) is 0 Å². The van der Waals surface area contributed by atoms with Gasteiger partial charge in [-0.15, -0.1) is 0 Å². The molecule has 0 amide bonds. The molecule has 0 saturated heterocycles. The van der Waals surface area contributed by atoms with Crippen LogP contribution in [0.4, 0.5) is 10.1 Å². The maximum Gasteiger partial charge on any atom is 0.123 e. The molecule has 7 heteroatoms. The van der Waals surface area contributed by atoms with Crippen molar-refractivity contribution >= 4 is 22.3 Å². The van der Waals surface area contributed by atoms with Crippen molar-refractivity contribution in [2.75, 3.05) is 5.73 Å². The lowest BCUT2D eigenvalue weighted by molar-refractivity contribution is 0.628. The zero-order valence-corrected chi connectivity index (χ0v) is 21.9. The highest BCUT2D eigenvalue weighted by Crippen LogP contribution is 2.27. The molecule has 0 bridgehead atoms. The van der Waals surface area contributed by atoms with Crippen LogP contribution in [0.1, 0.15) is 50.2 Å². The van der Waals surface area contributed by atoms with Gasteiger partial charge in [0.1, 0.15) is 17.2 Å². The van der Waals surface area contributed by atoms with E-state index in [0.717, 1.165) is 69.9 Å². The Morgan fingerprint density at radius 3 is 2.68 bits per heavy atom. The molecule has 0 spiro atoms. The first-order valence-electron chi connectivity index (χ1n) is 12.7. The molecule has 0 aliphatic carbocycles. The number of rotatable bonds is 11. The maximum atomic E-state index is 13.4. The van der Waals surface area contributed by atoms with Crippen molar-refractivity contribution in [1.82, 2.24) is 25.3 Å². The summed E-state index contributed by atoms with van der Waals surface area (Å²) < 4.78 is 13.4. The van der Waals surface area contributed by atoms with E-state index in [0.29, 0.717) is 17.8 Å². The highest BCUT2D eigenvalue weighted by Gasteiger charge is 2.13. The fraction of sp³-hybridized carbons (Fsp3) is 0.194. The zero-order valence-electron chi connectivity index (χ0n) is 21.9. The number of pyridine rings is 2. The molecular weight excluding hydrogens is 475 g/mol. The van der Waals surface area contributed by atoms with E-state index in [1.165, 1.54) is 12.1 Å². The normalized spacial score (nSPS) is 12.1. The number of halogens is 1. The molecule has 0 aliphatic heterocycles. The van der Waals surface area contributed by atoms with Crippen LogP contribution in [0, 0.1) is 5.82 Å². The summed E-state index contributed by atoms with van der Waals surface area (Å²) in [7, 11) is 0. The van der Waals surface area contributed by atoms with E-state index >= 15 is 0 Å². The summed E-state index contributed by atoms with van der Waals surface area (Å²) in [5.41, 5.74) is 14.4. The second-order valence-electron chi connectivity index (χ2n) is 9.07. The van der Waals surface area contributed by atoms with Crippen LogP contribution in [0.3, 0.4) is 0 Å². The van der Waals surface area contributed by atoms with Gasteiger partial charge in [-0.1, -0.05) is 32.6 Å². The Hall–Kier alpha value is -4.52. The van der Waals surface area contributed by atoms with Gasteiger partial charge in [-0.05, 0) is 79.5 Å². The van der Waals surface area contributed by atoms with Gasteiger partial charge < -0.3 is 16.0 Å². The molecule has 0 aliphatic rings. The van der Waals surface area contributed by atoms with Gasteiger partial charge in [0.05, 0.1) is 28.8 Å². The summed E-state index contributed by atoms with van der Waals surface area (Å²) in [6.45, 7) is 12.2. The third kappa shape index (κ3) is 6.24. The summed E-state index contributed by atoms with van der Waals surface area (Å²) in [4.78, 5) is 17.3. The molecule has 0 unspecified atom stereocenters.